The number of hydrogen-bond donors (Lipinski definition) is 2. The van der Waals surface area contributed by atoms with Crippen molar-refractivity contribution in [3.8, 4) is 5.75 Å². The first kappa shape index (κ1) is 30.4. The van der Waals surface area contributed by atoms with Gasteiger partial charge in [0.1, 0.15) is 17.3 Å². The molecule has 1 amide bonds. The molecule has 0 radical (unpaired) electrons. The quantitative estimate of drug-likeness (QED) is 0.175. The van der Waals surface area contributed by atoms with Gasteiger partial charge in [-0.3, -0.25) is 4.79 Å². The summed E-state index contributed by atoms with van der Waals surface area (Å²) in [6.07, 6.45) is -1.22. The fourth-order valence-corrected chi connectivity index (χ4v) is 5.97. The maximum atomic E-state index is 11.7. The van der Waals surface area contributed by atoms with E-state index in [0.717, 1.165) is 11.3 Å². The molecule has 5 atom stereocenters. The lowest BCUT2D eigenvalue weighted by Crippen LogP contribution is -2.65. The maximum absolute atomic E-state index is 11.7. The molecule has 1 aliphatic rings. The van der Waals surface area contributed by atoms with Crippen LogP contribution in [0.5, 0.6) is 5.75 Å². The van der Waals surface area contributed by atoms with Crippen LogP contribution in [0, 0.1) is 0 Å². The molecule has 3 N–H and O–H groups in total. The Labute approximate surface area is 219 Å². The molecular weight excluding hydrogens is 498 g/mol. The lowest BCUT2D eigenvalue weighted by atomic mass is 9.98. The number of azide groups is 1. The fraction of sp³-hybridized carbons (Fsp3) is 0.708. The first-order chi connectivity index (χ1) is 16.9. The third-order valence-corrected chi connectivity index (χ3v) is 12.4. The Kier molecular flexibility index (Phi) is 11.6. The predicted octanol–water partition coefficient (Wildman–Crippen LogP) is 4.20. The minimum Gasteiger partial charge on any atom is -0.497 e. The van der Waals surface area contributed by atoms with E-state index < -0.39 is 38.1 Å². The van der Waals surface area contributed by atoms with Crippen LogP contribution >= 0.6 is 11.8 Å². The highest BCUT2D eigenvalue weighted by atomic mass is 32.2. The van der Waals surface area contributed by atoms with Crippen LogP contribution in [0.15, 0.2) is 29.4 Å². The molecule has 1 heterocycles. The fourth-order valence-electron chi connectivity index (χ4n) is 3.51. The number of nitrogens with one attached hydrogen (secondary N) is 1. The van der Waals surface area contributed by atoms with Gasteiger partial charge in [0.15, 0.2) is 8.32 Å². The molecule has 1 aliphatic heterocycles. The molecule has 0 saturated carbocycles. The standard InChI is InChI=1S/C24H41N5O5SSi/c1-24(2,3)36(6,7)34-22-20(25)23(35-13-12-19(30)27-4)33-18(14-28-29-26)21(22)32-15-16-8-10-17(31-5)11-9-16/h8-11,18,20-23H,12-15,25H2,1-7H3,(H,27,30)/t18-,20-,21-,22-,23+/m1/s1. The smallest absolute Gasteiger partial charge is 0.220 e. The van der Waals surface area contributed by atoms with Crippen LogP contribution in [0.3, 0.4) is 0 Å². The number of nitrogens with two attached hydrogens (primary N) is 1. The normalized spacial score (nSPS) is 24.6. The molecule has 1 aromatic rings. The van der Waals surface area contributed by atoms with Crippen molar-refractivity contribution >= 4 is 26.0 Å². The molecule has 36 heavy (non-hydrogen) atoms. The minimum atomic E-state index is -2.25. The van der Waals surface area contributed by atoms with Crippen molar-refractivity contribution in [1.29, 1.82) is 0 Å². The second-order valence-corrected chi connectivity index (χ2v) is 16.3. The Morgan fingerprint density at radius 2 is 1.94 bits per heavy atom. The van der Waals surface area contributed by atoms with Gasteiger partial charge in [0.25, 0.3) is 0 Å². The largest absolute Gasteiger partial charge is 0.497 e. The van der Waals surface area contributed by atoms with Gasteiger partial charge >= 0.3 is 0 Å². The summed E-state index contributed by atoms with van der Waals surface area (Å²) in [6, 6.07) is 7.12. The third-order valence-electron chi connectivity index (χ3n) is 6.75. The molecule has 0 aromatic heterocycles. The van der Waals surface area contributed by atoms with Gasteiger partial charge in [-0.2, -0.15) is 0 Å². The zero-order chi connectivity index (χ0) is 26.9. The molecular formula is C24H41N5O5SSi. The Balaban J connectivity index is 2.32. The van der Waals surface area contributed by atoms with Gasteiger partial charge < -0.3 is 29.7 Å². The van der Waals surface area contributed by atoms with Crippen LogP contribution in [-0.2, 0) is 25.3 Å². The van der Waals surface area contributed by atoms with Gasteiger partial charge in [0.05, 0.1) is 38.5 Å². The number of benzene rings is 1. The average molecular weight is 540 g/mol. The number of hydrogen-bond acceptors (Lipinski definition) is 8. The molecule has 1 aromatic carbocycles. The van der Waals surface area contributed by atoms with Crippen LogP contribution in [0.4, 0.5) is 0 Å². The van der Waals surface area contributed by atoms with E-state index in [4.69, 9.17) is 29.9 Å². The summed E-state index contributed by atoms with van der Waals surface area (Å²) in [5.74, 6) is 1.25. The predicted molar refractivity (Wildman–Crippen MR) is 145 cm³/mol. The van der Waals surface area contributed by atoms with Crippen molar-refractivity contribution in [2.45, 2.75) is 81.7 Å². The van der Waals surface area contributed by atoms with Gasteiger partial charge in [-0.05, 0) is 41.4 Å². The molecule has 12 heteroatoms. The zero-order valence-corrected chi connectivity index (χ0v) is 24.2. The second-order valence-electron chi connectivity index (χ2n) is 10.3. The van der Waals surface area contributed by atoms with Crippen molar-refractivity contribution in [1.82, 2.24) is 5.32 Å². The van der Waals surface area contributed by atoms with Gasteiger partial charge in [-0.25, -0.2) is 0 Å². The van der Waals surface area contributed by atoms with Crippen LogP contribution < -0.4 is 15.8 Å². The highest BCUT2D eigenvalue weighted by Crippen LogP contribution is 2.41. The van der Waals surface area contributed by atoms with E-state index in [2.05, 4.69) is 49.2 Å². The molecule has 0 spiro atoms. The maximum Gasteiger partial charge on any atom is 0.220 e. The summed E-state index contributed by atoms with van der Waals surface area (Å²) < 4.78 is 24.8. The summed E-state index contributed by atoms with van der Waals surface area (Å²) in [5, 5.41) is 6.36. The molecule has 0 aliphatic carbocycles. The summed E-state index contributed by atoms with van der Waals surface area (Å²) in [6.45, 7) is 11.3. The number of carbonyl (C=O) groups is 1. The average Bonchev–Trinajstić information content (AvgIpc) is 2.83. The minimum absolute atomic E-state index is 0.0479. The van der Waals surface area contributed by atoms with Gasteiger partial charge in [0.2, 0.25) is 5.91 Å². The summed E-state index contributed by atoms with van der Waals surface area (Å²) in [7, 11) is 0.983. The SMILES string of the molecule is CNC(=O)CCS[C@@H]1O[C@H](CN=[N+]=[N-])[C@@H](OCc2ccc(OC)cc2)[C@H](O[Si](C)(C)C(C)(C)C)[C@H]1N. The molecule has 0 unspecified atom stereocenters. The van der Waals surface area contributed by atoms with Crippen molar-refractivity contribution in [2.75, 3.05) is 26.5 Å². The van der Waals surface area contributed by atoms with E-state index in [1.54, 1.807) is 14.2 Å². The molecule has 0 bridgehead atoms. The van der Waals surface area contributed by atoms with Crippen LogP contribution in [-0.4, -0.2) is 70.5 Å². The monoisotopic (exact) mass is 539 g/mol. The second kappa shape index (κ2) is 13.7. The van der Waals surface area contributed by atoms with Crippen molar-refractivity contribution in [2.24, 2.45) is 10.8 Å². The lowest BCUT2D eigenvalue weighted by molar-refractivity contribution is -0.172. The Hall–Kier alpha value is -1.79. The Morgan fingerprint density at radius 3 is 2.50 bits per heavy atom. The van der Waals surface area contributed by atoms with Gasteiger partial charge in [0, 0.05) is 24.1 Å². The zero-order valence-electron chi connectivity index (χ0n) is 22.4. The van der Waals surface area contributed by atoms with Gasteiger partial charge in [-0.1, -0.05) is 38.0 Å². The van der Waals surface area contributed by atoms with Crippen LogP contribution in [0.2, 0.25) is 18.1 Å². The topological polar surface area (TPSA) is 141 Å². The molecule has 10 nitrogen and oxygen atoms in total. The Bertz CT molecular complexity index is 892. The van der Waals surface area contributed by atoms with Gasteiger partial charge in [-0.15, -0.1) is 11.8 Å². The van der Waals surface area contributed by atoms with Crippen molar-refractivity contribution in [3.63, 3.8) is 0 Å². The van der Waals surface area contributed by atoms with E-state index in [1.165, 1.54) is 11.8 Å². The lowest BCUT2D eigenvalue weighted by Gasteiger charge is -2.49. The number of methoxy groups -OCH3 is 1. The van der Waals surface area contributed by atoms with Crippen LogP contribution in [0.1, 0.15) is 32.8 Å². The molecule has 202 valence electrons. The van der Waals surface area contributed by atoms with Crippen molar-refractivity contribution < 1.29 is 23.4 Å². The van der Waals surface area contributed by atoms with E-state index in [9.17, 15) is 4.79 Å². The molecule has 1 saturated heterocycles. The first-order valence-electron chi connectivity index (χ1n) is 12.1. The molecule has 1 fully saturated rings. The van der Waals surface area contributed by atoms with E-state index in [0.29, 0.717) is 18.8 Å². The number of amides is 1. The number of thioether (sulfide) groups is 1. The number of carbonyl (C=O) groups excluding carboxylic acids is 1. The third kappa shape index (κ3) is 8.37. The highest BCUT2D eigenvalue weighted by molar-refractivity contribution is 7.99. The van der Waals surface area contributed by atoms with E-state index in [-0.39, 0.29) is 17.5 Å². The highest BCUT2D eigenvalue weighted by Gasteiger charge is 2.50. The number of nitrogens with zero attached hydrogens (tertiary/aromatic N) is 3. The van der Waals surface area contributed by atoms with Crippen LogP contribution in [0.25, 0.3) is 10.4 Å². The summed E-state index contributed by atoms with van der Waals surface area (Å²) in [5.41, 5.74) is 16.3. The number of rotatable bonds is 12. The molecule has 2 rings (SSSR count). The Morgan fingerprint density at radius 1 is 1.28 bits per heavy atom. The van der Waals surface area contributed by atoms with Crippen molar-refractivity contribution in [3.05, 3.63) is 40.3 Å². The summed E-state index contributed by atoms with van der Waals surface area (Å²) >= 11 is 1.47. The van der Waals surface area contributed by atoms with E-state index in [1.807, 2.05) is 24.3 Å². The number of ether oxygens (including phenoxy) is 3. The van der Waals surface area contributed by atoms with E-state index >= 15 is 0 Å². The summed E-state index contributed by atoms with van der Waals surface area (Å²) in [4.78, 5) is 14.7. The first-order valence-corrected chi connectivity index (χ1v) is 16.1.